The molecule has 2 rings (SSSR count). The van der Waals surface area contributed by atoms with E-state index in [2.05, 4.69) is 20.8 Å². The molecule has 1 fully saturated rings. The largest absolute Gasteiger partial charge is 0.495 e. The van der Waals surface area contributed by atoms with Gasteiger partial charge in [-0.1, -0.05) is 23.4 Å². The van der Waals surface area contributed by atoms with E-state index >= 15 is 0 Å². The molecule has 0 atom stereocenters. The van der Waals surface area contributed by atoms with Gasteiger partial charge < -0.3 is 14.8 Å². The summed E-state index contributed by atoms with van der Waals surface area (Å²) in [4.78, 5) is 23.2. The highest BCUT2D eigenvalue weighted by atomic mass is 35.5. The van der Waals surface area contributed by atoms with Gasteiger partial charge in [0.2, 0.25) is 5.91 Å². The molecule has 0 saturated carbocycles. The highest BCUT2D eigenvalue weighted by Crippen LogP contribution is 2.30. The summed E-state index contributed by atoms with van der Waals surface area (Å²) in [6.07, 6.45) is 0.789. The second-order valence-electron chi connectivity index (χ2n) is 6.19. The Hall–Kier alpha value is -2.26. The van der Waals surface area contributed by atoms with E-state index in [9.17, 15) is 9.59 Å². The quantitative estimate of drug-likeness (QED) is 0.598. The number of carbonyl (C=O) groups is 2. The van der Waals surface area contributed by atoms with Crippen LogP contribution in [0.25, 0.3) is 0 Å². The maximum absolute atomic E-state index is 12.1. The molecule has 0 aromatic heterocycles. The maximum atomic E-state index is 12.1. The average molecular weight is 399 g/mol. The van der Waals surface area contributed by atoms with Gasteiger partial charge in [-0.25, -0.2) is 4.79 Å². The number of benzene rings is 1. The molecule has 1 saturated heterocycles. The average Bonchev–Trinajstić information content (AvgIpc) is 2.93. The number of nitrogens with zero attached hydrogens (tertiary/aromatic N) is 2. The molecular weight excluding hydrogens is 380 g/mol. The zero-order valence-corrected chi connectivity index (χ0v) is 16.3. The zero-order valence-electron chi connectivity index (χ0n) is 14.8. The first-order chi connectivity index (χ1) is 12.2. The van der Waals surface area contributed by atoms with Crippen LogP contribution in [0.4, 0.5) is 10.5 Å². The third kappa shape index (κ3) is 5.92. The van der Waals surface area contributed by atoms with Gasteiger partial charge in [-0.2, -0.15) is 5.10 Å². The van der Waals surface area contributed by atoms with Crippen molar-refractivity contribution < 1.29 is 19.1 Å². The van der Waals surface area contributed by atoms with Crippen molar-refractivity contribution in [3.8, 4) is 5.75 Å². The number of hydrogen-bond donors (Lipinski definition) is 2. The van der Waals surface area contributed by atoms with E-state index in [0.717, 1.165) is 0 Å². The van der Waals surface area contributed by atoms with Crippen LogP contribution in [-0.4, -0.2) is 41.8 Å². The summed E-state index contributed by atoms with van der Waals surface area (Å²) in [6, 6.07) is 3.14. The lowest BCUT2D eigenvalue weighted by Gasteiger charge is -2.20. The lowest BCUT2D eigenvalue weighted by atomic mass is 10.2. The zero-order chi connectivity index (χ0) is 19.3. The molecule has 1 heterocycles. The second kappa shape index (κ2) is 8.41. The topological polar surface area (TPSA) is 101 Å². The molecule has 8 nitrogen and oxygen atoms in total. The molecular formula is C16H19ClN4O4S. The Morgan fingerprint density at radius 3 is 2.73 bits per heavy atom. The number of amides is 2. The van der Waals surface area contributed by atoms with E-state index in [-0.39, 0.29) is 5.91 Å². The molecule has 1 aliphatic rings. The first-order valence-corrected chi connectivity index (χ1v) is 8.95. The number of ether oxygens (including phenoxy) is 2. The van der Waals surface area contributed by atoms with Crippen LogP contribution in [0, 0.1) is 0 Å². The van der Waals surface area contributed by atoms with E-state index < -0.39 is 11.7 Å². The van der Waals surface area contributed by atoms with Crippen LogP contribution in [0.2, 0.25) is 5.02 Å². The summed E-state index contributed by atoms with van der Waals surface area (Å²) in [7, 11) is 1.47. The lowest BCUT2D eigenvalue weighted by molar-refractivity contribution is -0.116. The van der Waals surface area contributed by atoms with Crippen LogP contribution in [0.1, 0.15) is 26.3 Å². The Bertz CT molecular complexity index is 774. The van der Waals surface area contributed by atoms with Crippen molar-refractivity contribution in [2.45, 2.75) is 26.4 Å². The fourth-order valence-electron chi connectivity index (χ4n) is 1.88. The summed E-state index contributed by atoms with van der Waals surface area (Å²) < 4.78 is 10.4. The number of anilines is 1. The summed E-state index contributed by atoms with van der Waals surface area (Å²) in [5.41, 5.74) is 0.256. The van der Waals surface area contributed by atoms with Gasteiger partial charge in [0.05, 0.1) is 29.8 Å². The van der Waals surface area contributed by atoms with Crippen LogP contribution in [-0.2, 0) is 9.53 Å². The van der Waals surface area contributed by atoms with Crippen LogP contribution in [0.5, 0.6) is 5.75 Å². The number of thioether (sulfide) groups is 1. The number of hydrogen-bond acceptors (Lipinski definition) is 7. The van der Waals surface area contributed by atoms with Crippen molar-refractivity contribution >= 4 is 52.4 Å². The van der Waals surface area contributed by atoms with Crippen LogP contribution >= 0.6 is 23.4 Å². The molecule has 0 spiro atoms. The number of amidine groups is 1. The van der Waals surface area contributed by atoms with Gasteiger partial charge >= 0.3 is 6.09 Å². The van der Waals surface area contributed by atoms with Crippen molar-refractivity contribution in [1.29, 1.82) is 0 Å². The van der Waals surface area contributed by atoms with Crippen molar-refractivity contribution in [2.24, 2.45) is 10.2 Å². The van der Waals surface area contributed by atoms with Crippen molar-refractivity contribution in [3.05, 3.63) is 22.7 Å². The molecule has 10 heteroatoms. The Kier molecular flexibility index (Phi) is 6.49. The first kappa shape index (κ1) is 20.1. The molecule has 1 aliphatic heterocycles. The minimum Gasteiger partial charge on any atom is -0.495 e. The Labute approximate surface area is 160 Å². The molecule has 0 aliphatic carbocycles. The standard InChI is InChI=1S/C16H19ClN4O4S/c1-16(2,3)25-15(23)19-11-6-12(24-4)10(17)5-9(11)7-18-21-14-20-13(22)8-26-14/h5-7H,8H2,1-4H3,(H,19,23)(H,20,21,22). The predicted octanol–water partition coefficient (Wildman–Crippen LogP) is 3.25. The van der Waals surface area contributed by atoms with E-state index in [0.29, 0.717) is 32.9 Å². The van der Waals surface area contributed by atoms with Gasteiger partial charge in [0.15, 0.2) is 5.17 Å². The van der Waals surface area contributed by atoms with Gasteiger partial charge in [0.1, 0.15) is 11.4 Å². The smallest absolute Gasteiger partial charge is 0.412 e. The molecule has 2 N–H and O–H groups in total. The van der Waals surface area contributed by atoms with E-state index in [1.165, 1.54) is 25.1 Å². The normalized spacial score (nSPS) is 16.0. The van der Waals surface area contributed by atoms with E-state index in [1.807, 2.05) is 0 Å². The Balaban J connectivity index is 2.24. The summed E-state index contributed by atoms with van der Waals surface area (Å²) in [5, 5.41) is 13.8. The molecule has 26 heavy (non-hydrogen) atoms. The number of rotatable bonds is 4. The van der Waals surface area contributed by atoms with Gasteiger partial charge in [0, 0.05) is 11.6 Å². The summed E-state index contributed by atoms with van der Waals surface area (Å²) >= 11 is 7.40. The lowest BCUT2D eigenvalue weighted by Crippen LogP contribution is -2.27. The van der Waals surface area contributed by atoms with Gasteiger partial charge in [-0.15, -0.1) is 5.10 Å². The summed E-state index contributed by atoms with van der Waals surface area (Å²) in [5.74, 6) is 0.581. The summed E-state index contributed by atoms with van der Waals surface area (Å²) in [6.45, 7) is 5.29. The first-order valence-electron chi connectivity index (χ1n) is 7.59. The highest BCUT2D eigenvalue weighted by molar-refractivity contribution is 8.15. The predicted molar refractivity (Wildman–Crippen MR) is 103 cm³/mol. The third-order valence-corrected chi connectivity index (χ3v) is 4.05. The fourth-order valence-corrected chi connectivity index (χ4v) is 2.76. The number of halogens is 1. The van der Waals surface area contributed by atoms with Crippen LogP contribution < -0.4 is 15.4 Å². The molecule has 0 radical (unpaired) electrons. The highest BCUT2D eigenvalue weighted by Gasteiger charge is 2.18. The Morgan fingerprint density at radius 1 is 1.42 bits per heavy atom. The third-order valence-electron chi connectivity index (χ3n) is 2.89. The fraction of sp³-hybridized carbons (Fsp3) is 0.375. The van der Waals surface area contributed by atoms with Gasteiger partial charge in [0.25, 0.3) is 0 Å². The minimum absolute atomic E-state index is 0.122. The van der Waals surface area contributed by atoms with E-state index in [1.54, 1.807) is 32.9 Å². The van der Waals surface area contributed by atoms with Crippen molar-refractivity contribution in [2.75, 3.05) is 18.2 Å². The van der Waals surface area contributed by atoms with Crippen molar-refractivity contribution in [3.63, 3.8) is 0 Å². The molecule has 1 aromatic rings. The van der Waals surface area contributed by atoms with Crippen LogP contribution in [0.15, 0.2) is 22.3 Å². The molecule has 0 unspecified atom stereocenters. The number of carbonyl (C=O) groups excluding carboxylic acids is 2. The molecule has 2 amide bonds. The van der Waals surface area contributed by atoms with Gasteiger partial charge in [-0.05, 0) is 26.8 Å². The second-order valence-corrected chi connectivity index (χ2v) is 7.56. The minimum atomic E-state index is -0.640. The van der Waals surface area contributed by atoms with E-state index in [4.69, 9.17) is 21.1 Å². The van der Waals surface area contributed by atoms with Gasteiger partial charge in [-0.3, -0.25) is 10.1 Å². The molecule has 140 valence electrons. The van der Waals surface area contributed by atoms with Crippen LogP contribution in [0.3, 0.4) is 0 Å². The van der Waals surface area contributed by atoms with Crippen molar-refractivity contribution in [1.82, 2.24) is 5.32 Å². The number of methoxy groups -OCH3 is 1. The monoisotopic (exact) mass is 398 g/mol. The molecule has 0 bridgehead atoms. The number of nitrogens with one attached hydrogen (secondary N) is 2. The Morgan fingerprint density at radius 2 is 2.15 bits per heavy atom. The SMILES string of the molecule is COc1cc(NC(=O)OC(C)(C)C)c(C=NN=C2NC(=O)CS2)cc1Cl. The maximum Gasteiger partial charge on any atom is 0.412 e. The molecule has 1 aromatic carbocycles.